The molecular formula is C16H15ClN2O2. The van der Waals surface area contributed by atoms with Crippen LogP contribution in [-0.2, 0) is 13.5 Å². The fourth-order valence-corrected chi connectivity index (χ4v) is 2.48. The molecule has 0 radical (unpaired) electrons. The SMILES string of the molecule is Cn1c(=O)[nH]c2ccc(OCCc3cccc(Cl)c3)cc21. The Balaban J connectivity index is 1.70. The molecule has 0 aliphatic heterocycles. The van der Waals surface area contributed by atoms with E-state index in [0.717, 1.165) is 33.8 Å². The van der Waals surface area contributed by atoms with Crippen LogP contribution in [-0.4, -0.2) is 16.2 Å². The van der Waals surface area contributed by atoms with Gasteiger partial charge in [0.15, 0.2) is 0 Å². The van der Waals surface area contributed by atoms with Gasteiger partial charge in [0.25, 0.3) is 0 Å². The van der Waals surface area contributed by atoms with Gasteiger partial charge < -0.3 is 9.72 Å². The Labute approximate surface area is 126 Å². The van der Waals surface area contributed by atoms with Gasteiger partial charge in [-0.05, 0) is 29.8 Å². The van der Waals surface area contributed by atoms with Gasteiger partial charge in [-0.3, -0.25) is 4.57 Å². The van der Waals surface area contributed by atoms with E-state index in [2.05, 4.69) is 4.98 Å². The predicted octanol–water partition coefficient (Wildman–Crippen LogP) is 3.14. The number of benzene rings is 2. The third kappa shape index (κ3) is 2.95. The fraction of sp³-hybridized carbons (Fsp3) is 0.188. The van der Waals surface area contributed by atoms with Crippen molar-refractivity contribution in [2.75, 3.05) is 6.61 Å². The third-order valence-electron chi connectivity index (χ3n) is 3.43. The smallest absolute Gasteiger partial charge is 0.326 e. The van der Waals surface area contributed by atoms with E-state index in [1.165, 1.54) is 0 Å². The van der Waals surface area contributed by atoms with E-state index in [9.17, 15) is 4.79 Å². The highest BCUT2D eigenvalue weighted by Crippen LogP contribution is 2.18. The van der Waals surface area contributed by atoms with Crippen LogP contribution in [0.25, 0.3) is 11.0 Å². The molecule has 0 bridgehead atoms. The summed E-state index contributed by atoms with van der Waals surface area (Å²) in [6.45, 7) is 0.560. The zero-order valence-corrected chi connectivity index (χ0v) is 12.4. The van der Waals surface area contributed by atoms with Crippen molar-refractivity contribution >= 4 is 22.6 Å². The normalized spacial score (nSPS) is 11.0. The van der Waals surface area contributed by atoms with E-state index in [1.807, 2.05) is 42.5 Å². The van der Waals surface area contributed by atoms with Crippen LogP contribution in [0.5, 0.6) is 5.75 Å². The van der Waals surface area contributed by atoms with Crippen LogP contribution in [0.1, 0.15) is 5.56 Å². The number of rotatable bonds is 4. The highest BCUT2D eigenvalue weighted by Gasteiger charge is 2.04. The number of ether oxygens (including phenoxy) is 1. The maximum atomic E-state index is 11.5. The number of hydrogen-bond acceptors (Lipinski definition) is 2. The summed E-state index contributed by atoms with van der Waals surface area (Å²) in [7, 11) is 1.73. The number of hydrogen-bond donors (Lipinski definition) is 1. The molecule has 0 aliphatic rings. The first-order valence-electron chi connectivity index (χ1n) is 6.69. The molecule has 3 rings (SSSR count). The third-order valence-corrected chi connectivity index (χ3v) is 3.66. The van der Waals surface area contributed by atoms with E-state index in [-0.39, 0.29) is 5.69 Å². The van der Waals surface area contributed by atoms with Crippen molar-refractivity contribution < 1.29 is 4.74 Å². The number of nitrogens with one attached hydrogen (secondary N) is 1. The predicted molar refractivity (Wildman–Crippen MR) is 84.2 cm³/mol. The second-order valence-electron chi connectivity index (χ2n) is 4.90. The lowest BCUT2D eigenvalue weighted by Gasteiger charge is -2.07. The number of aryl methyl sites for hydroxylation is 1. The molecule has 0 fully saturated rings. The fourth-order valence-electron chi connectivity index (χ4n) is 2.27. The summed E-state index contributed by atoms with van der Waals surface area (Å²) in [6.07, 6.45) is 0.782. The monoisotopic (exact) mass is 302 g/mol. The molecule has 0 atom stereocenters. The Morgan fingerprint density at radius 2 is 2.10 bits per heavy atom. The number of H-pyrrole nitrogens is 1. The van der Waals surface area contributed by atoms with Gasteiger partial charge in [-0.25, -0.2) is 4.79 Å². The molecule has 0 aliphatic carbocycles. The lowest BCUT2D eigenvalue weighted by Crippen LogP contribution is -2.11. The maximum Gasteiger partial charge on any atom is 0.326 e. The molecule has 3 aromatic rings. The van der Waals surface area contributed by atoms with Gasteiger partial charge in [-0.15, -0.1) is 0 Å². The minimum atomic E-state index is -0.124. The zero-order valence-electron chi connectivity index (χ0n) is 11.6. The molecule has 1 aromatic heterocycles. The first-order valence-corrected chi connectivity index (χ1v) is 7.07. The van der Waals surface area contributed by atoms with Crippen molar-refractivity contribution in [3.63, 3.8) is 0 Å². The molecule has 21 heavy (non-hydrogen) atoms. The first kappa shape index (κ1) is 13.8. The zero-order chi connectivity index (χ0) is 14.8. The van der Waals surface area contributed by atoms with Gasteiger partial charge in [0.1, 0.15) is 5.75 Å². The average molecular weight is 303 g/mol. The van der Waals surface area contributed by atoms with E-state index in [1.54, 1.807) is 11.6 Å². The molecule has 5 heteroatoms. The first-order chi connectivity index (χ1) is 10.1. The van der Waals surface area contributed by atoms with Crippen molar-refractivity contribution in [2.24, 2.45) is 7.05 Å². The van der Waals surface area contributed by atoms with Gasteiger partial charge in [0, 0.05) is 24.6 Å². The van der Waals surface area contributed by atoms with Gasteiger partial charge in [-0.2, -0.15) is 0 Å². The molecule has 0 amide bonds. The minimum Gasteiger partial charge on any atom is -0.493 e. The topological polar surface area (TPSA) is 47.0 Å². The summed E-state index contributed by atoms with van der Waals surface area (Å²) in [5.74, 6) is 0.749. The quantitative estimate of drug-likeness (QED) is 0.805. The largest absolute Gasteiger partial charge is 0.493 e. The molecule has 0 spiro atoms. The van der Waals surface area contributed by atoms with Gasteiger partial charge in [0.2, 0.25) is 0 Å². The number of aromatic amines is 1. The number of fused-ring (bicyclic) bond motifs is 1. The molecular weight excluding hydrogens is 288 g/mol. The summed E-state index contributed by atoms with van der Waals surface area (Å²) in [6, 6.07) is 13.3. The van der Waals surface area contributed by atoms with Crippen LogP contribution < -0.4 is 10.4 Å². The lowest BCUT2D eigenvalue weighted by atomic mass is 10.2. The molecule has 0 unspecified atom stereocenters. The van der Waals surface area contributed by atoms with E-state index >= 15 is 0 Å². The van der Waals surface area contributed by atoms with E-state index in [4.69, 9.17) is 16.3 Å². The van der Waals surface area contributed by atoms with Gasteiger partial charge in [0.05, 0.1) is 17.6 Å². The van der Waals surface area contributed by atoms with Crippen LogP contribution in [0.15, 0.2) is 47.3 Å². The maximum absolute atomic E-state index is 11.5. The summed E-state index contributed by atoms with van der Waals surface area (Å²) in [5.41, 5.74) is 2.66. The second-order valence-corrected chi connectivity index (χ2v) is 5.33. The van der Waals surface area contributed by atoms with Crippen molar-refractivity contribution in [3.05, 3.63) is 63.5 Å². The Bertz CT molecular complexity index is 836. The van der Waals surface area contributed by atoms with Gasteiger partial charge >= 0.3 is 5.69 Å². The van der Waals surface area contributed by atoms with Crippen LogP contribution >= 0.6 is 11.6 Å². The highest BCUT2D eigenvalue weighted by molar-refractivity contribution is 6.30. The minimum absolute atomic E-state index is 0.124. The molecule has 2 aromatic carbocycles. The standard InChI is InChI=1S/C16H15ClN2O2/c1-19-15-10-13(5-6-14(15)18-16(19)20)21-8-7-11-3-2-4-12(17)9-11/h2-6,9-10H,7-8H2,1H3,(H,18,20). The van der Waals surface area contributed by atoms with Crippen molar-refractivity contribution in [3.8, 4) is 5.75 Å². The van der Waals surface area contributed by atoms with Crippen molar-refractivity contribution in [2.45, 2.75) is 6.42 Å². The van der Waals surface area contributed by atoms with E-state index in [0.29, 0.717) is 6.61 Å². The van der Waals surface area contributed by atoms with Crippen molar-refractivity contribution in [1.82, 2.24) is 9.55 Å². The number of imidazole rings is 1. The van der Waals surface area contributed by atoms with E-state index < -0.39 is 0 Å². The average Bonchev–Trinajstić information content (AvgIpc) is 2.75. The summed E-state index contributed by atoms with van der Waals surface area (Å²) in [5, 5.41) is 0.733. The molecule has 0 saturated heterocycles. The lowest BCUT2D eigenvalue weighted by molar-refractivity contribution is 0.322. The number of aromatic nitrogens is 2. The second kappa shape index (κ2) is 5.66. The Kier molecular flexibility index (Phi) is 3.71. The summed E-state index contributed by atoms with van der Waals surface area (Å²) >= 11 is 5.95. The van der Waals surface area contributed by atoms with Crippen LogP contribution in [0.4, 0.5) is 0 Å². The highest BCUT2D eigenvalue weighted by atomic mass is 35.5. The summed E-state index contributed by atoms with van der Waals surface area (Å²) in [4.78, 5) is 14.3. The number of nitrogens with zero attached hydrogens (tertiary/aromatic N) is 1. The van der Waals surface area contributed by atoms with Crippen LogP contribution in [0.3, 0.4) is 0 Å². The Morgan fingerprint density at radius 1 is 1.24 bits per heavy atom. The molecule has 1 N–H and O–H groups in total. The number of halogens is 1. The van der Waals surface area contributed by atoms with Crippen molar-refractivity contribution in [1.29, 1.82) is 0 Å². The molecule has 4 nitrogen and oxygen atoms in total. The van der Waals surface area contributed by atoms with Gasteiger partial charge in [-0.1, -0.05) is 23.7 Å². The molecule has 108 valence electrons. The molecule has 0 saturated carbocycles. The Morgan fingerprint density at radius 3 is 2.90 bits per heavy atom. The Hall–Kier alpha value is -2.20. The van der Waals surface area contributed by atoms with Crippen LogP contribution in [0.2, 0.25) is 5.02 Å². The van der Waals surface area contributed by atoms with Crippen LogP contribution in [0, 0.1) is 0 Å². The molecule has 1 heterocycles. The summed E-state index contributed by atoms with van der Waals surface area (Å²) < 4.78 is 7.32.